The first kappa shape index (κ1) is 18.8. The second kappa shape index (κ2) is 7.55. The maximum atomic E-state index is 10.3. The first-order chi connectivity index (χ1) is 14.6. The summed E-state index contributed by atoms with van der Waals surface area (Å²) in [5.74, 6) is 0.513. The molecule has 1 aliphatic rings. The lowest BCUT2D eigenvalue weighted by atomic mass is 10.0. The molecule has 6 heteroatoms. The van der Waals surface area contributed by atoms with Crippen molar-refractivity contribution < 1.29 is 10.2 Å². The third-order valence-electron chi connectivity index (χ3n) is 5.76. The highest BCUT2D eigenvalue weighted by atomic mass is 16.3. The lowest BCUT2D eigenvalue weighted by Crippen LogP contribution is -2.35. The highest BCUT2D eigenvalue weighted by molar-refractivity contribution is 5.73. The Morgan fingerprint density at radius 2 is 1.67 bits per heavy atom. The molecule has 4 aromatic rings. The summed E-state index contributed by atoms with van der Waals surface area (Å²) in [7, 11) is 0. The molecule has 0 amide bonds. The van der Waals surface area contributed by atoms with Gasteiger partial charge in [0.2, 0.25) is 0 Å². The second-order valence-corrected chi connectivity index (χ2v) is 7.80. The topological polar surface area (TPSA) is 82.7 Å². The van der Waals surface area contributed by atoms with Crippen LogP contribution >= 0.6 is 0 Å². The van der Waals surface area contributed by atoms with Gasteiger partial charge in [-0.1, -0.05) is 48.5 Å². The first-order valence-electron chi connectivity index (χ1n) is 10.1. The average molecular weight is 399 g/mol. The predicted molar refractivity (Wildman–Crippen MR) is 117 cm³/mol. The number of hydrogen-bond donors (Lipinski definition) is 3. The lowest BCUT2D eigenvalue weighted by Gasteiger charge is -2.19. The van der Waals surface area contributed by atoms with Crippen LogP contribution in [-0.2, 0) is 0 Å². The molecule has 0 unspecified atom stereocenters. The number of nitrogens with one attached hydrogen (secondary N) is 1. The van der Waals surface area contributed by atoms with Gasteiger partial charge in [-0.3, -0.25) is 0 Å². The lowest BCUT2D eigenvalue weighted by molar-refractivity contribution is 0.0256. The minimum absolute atomic E-state index is 0.205. The Bertz CT molecular complexity index is 1170. The van der Waals surface area contributed by atoms with Crippen LogP contribution in [0.2, 0.25) is 0 Å². The summed E-state index contributed by atoms with van der Waals surface area (Å²) < 4.78 is 1.74. The molecular formula is C24H23N4O2. The SMILES string of the molecule is [CH2][C@@H]1C[C@@H](Nc2ccnc3cc(-c4cccc(-c5ccccc5)c4)nn23)[C@H](O)[C@@H]1O. The zero-order valence-electron chi connectivity index (χ0n) is 16.4. The Labute approximate surface area is 174 Å². The van der Waals surface area contributed by atoms with Crippen LogP contribution in [0.25, 0.3) is 28.0 Å². The normalized spacial score (nSPS) is 23.7. The van der Waals surface area contributed by atoms with E-state index in [1.807, 2.05) is 42.5 Å². The molecule has 0 saturated heterocycles. The smallest absolute Gasteiger partial charge is 0.157 e. The fraction of sp³-hybridized carbons (Fsp3) is 0.208. The van der Waals surface area contributed by atoms with E-state index in [2.05, 4.69) is 41.5 Å². The van der Waals surface area contributed by atoms with Crippen LogP contribution in [0.4, 0.5) is 5.82 Å². The van der Waals surface area contributed by atoms with Gasteiger partial charge in [0, 0.05) is 17.8 Å². The van der Waals surface area contributed by atoms with E-state index in [4.69, 9.17) is 5.10 Å². The van der Waals surface area contributed by atoms with Crippen LogP contribution in [0, 0.1) is 12.8 Å². The number of nitrogens with zero attached hydrogens (tertiary/aromatic N) is 3. The predicted octanol–water partition coefficient (Wildman–Crippen LogP) is 3.42. The molecule has 2 aromatic carbocycles. The molecule has 0 bridgehead atoms. The van der Waals surface area contributed by atoms with Gasteiger partial charge in [0.05, 0.1) is 17.8 Å². The minimum atomic E-state index is -0.867. The van der Waals surface area contributed by atoms with E-state index in [0.717, 1.165) is 28.2 Å². The van der Waals surface area contributed by atoms with Crippen molar-refractivity contribution in [2.24, 2.45) is 5.92 Å². The quantitative estimate of drug-likeness (QED) is 0.490. The maximum Gasteiger partial charge on any atom is 0.157 e. The molecule has 3 N–H and O–H groups in total. The number of aliphatic hydroxyl groups excluding tert-OH is 2. The third-order valence-corrected chi connectivity index (χ3v) is 5.76. The summed E-state index contributed by atoms with van der Waals surface area (Å²) in [6.45, 7) is 3.92. The first-order valence-corrected chi connectivity index (χ1v) is 10.1. The summed E-state index contributed by atoms with van der Waals surface area (Å²) in [5.41, 5.74) is 4.80. The van der Waals surface area contributed by atoms with Gasteiger partial charge in [0.15, 0.2) is 5.65 Å². The molecule has 0 spiro atoms. The summed E-state index contributed by atoms with van der Waals surface area (Å²) in [6, 6.07) is 22.0. The van der Waals surface area contributed by atoms with Gasteiger partial charge >= 0.3 is 0 Å². The third kappa shape index (κ3) is 3.34. The number of rotatable bonds is 4. The van der Waals surface area contributed by atoms with Crippen molar-refractivity contribution in [2.45, 2.75) is 24.7 Å². The van der Waals surface area contributed by atoms with Crippen molar-refractivity contribution in [3.8, 4) is 22.4 Å². The van der Waals surface area contributed by atoms with E-state index >= 15 is 0 Å². The number of fused-ring (bicyclic) bond motifs is 1. The van der Waals surface area contributed by atoms with Crippen LogP contribution in [0.3, 0.4) is 0 Å². The molecule has 1 fully saturated rings. The van der Waals surface area contributed by atoms with Crippen molar-refractivity contribution in [1.82, 2.24) is 14.6 Å². The Kier molecular flexibility index (Phi) is 4.73. The van der Waals surface area contributed by atoms with Crippen LogP contribution in [0.5, 0.6) is 0 Å². The maximum absolute atomic E-state index is 10.3. The van der Waals surface area contributed by atoms with Gasteiger partial charge in [-0.2, -0.15) is 9.61 Å². The Hall–Kier alpha value is -3.22. The molecule has 1 saturated carbocycles. The minimum Gasteiger partial charge on any atom is -0.390 e. The highest BCUT2D eigenvalue weighted by Crippen LogP contribution is 2.30. The van der Waals surface area contributed by atoms with Crippen LogP contribution in [-0.4, -0.2) is 43.1 Å². The summed E-state index contributed by atoms with van der Waals surface area (Å²) in [5, 5.41) is 28.4. The molecule has 151 valence electrons. The molecule has 5 rings (SSSR count). The largest absolute Gasteiger partial charge is 0.390 e. The van der Waals surface area contributed by atoms with Crippen LogP contribution in [0.15, 0.2) is 72.9 Å². The van der Waals surface area contributed by atoms with Crippen LogP contribution < -0.4 is 5.32 Å². The van der Waals surface area contributed by atoms with E-state index < -0.39 is 12.2 Å². The van der Waals surface area contributed by atoms with Crippen molar-refractivity contribution in [1.29, 1.82) is 0 Å². The number of hydrogen-bond acceptors (Lipinski definition) is 5. The number of aromatic nitrogens is 3. The van der Waals surface area contributed by atoms with Gasteiger partial charge in [-0.25, -0.2) is 4.98 Å². The van der Waals surface area contributed by atoms with Gasteiger partial charge in [0.1, 0.15) is 11.9 Å². The molecule has 1 radical (unpaired) electrons. The monoisotopic (exact) mass is 399 g/mol. The van der Waals surface area contributed by atoms with Crippen molar-refractivity contribution in [2.75, 3.05) is 5.32 Å². The van der Waals surface area contributed by atoms with Crippen molar-refractivity contribution in [3.05, 3.63) is 79.9 Å². The standard InChI is InChI=1S/C24H23N4O2/c1-15-12-20(24(30)23(15)29)26-21-10-11-25-22-14-19(27-28(21)22)18-9-5-8-17(13-18)16-6-3-2-4-7-16/h2-11,13-15,20,23-24,26,29-30H,1,12H2/t15-,20-,23-,24+/m1/s1. The number of benzene rings is 2. The molecule has 4 atom stereocenters. The van der Waals surface area contributed by atoms with E-state index in [1.54, 1.807) is 10.7 Å². The van der Waals surface area contributed by atoms with Gasteiger partial charge < -0.3 is 15.5 Å². The van der Waals surface area contributed by atoms with E-state index in [9.17, 15) is 10.2 Å². The molecule has 30 heavy (non-hydrogen) atoms. The van der Waals surface area contributed by atoms with E-state index in [1.165, 1.54) is 0 Å². The summed E-state index contributed by atoms with van der Waals surface area (Å²) in [4.78, 5) is 4.43. The molecule has 1 aliphatic carbocycles. The Morgan fingerprint density at radius 1 is 0.900 bits per heavy atom. The van der Waals surface area contributed by atoms with E-state index in [-0.39, 0.29) is 12.0 Å². The zero-order chi connectivity index (χ0) is 20.7. The van der Waals surface area contributed by atoms with Gasteiger partial charge in [-0.15, -0.1) is 0 Å². The number of anilines is 1. The molecule has 0 aliphatic heterocycles. The number of aliphatic hydroxyl groups is 2. The van der Waals surface area contributed by atoms with Crippen molar-refractivity contribution >= 4 is 11.5 Å². The summed E-state index contributed by atoms with van der Waals surface area (Å²) in [6.07, 6.45) is 0.601. The fourth-order valence-corrected chi connectivity index (χ4v) is 4.09. The van der Waals surface area contributed by atoms with E-state index in [0.29, 0.717) is 12.1 Å². The molecule has 6 nitrogen and oxygen atoms in total. The van der Waals surface area contributed by atoms with Gasteiger partial charge in [0.25, 0.3) is 0 Å². The molecule has 2 aromatic heterocycles. The van der Waals surface area contributed by atoms with Crippen molar-refractivity contribution in [3.63, 3.8) is 0 Å². The summed E-state index contributed by atoms with van der Waals surface area (Å²) >= 11 is 0. The Balaban J connectivity index is 1.49. The highest BCUT2D eigenvalue weighted by Gasteiger charge is 2.39. The molecular weight excluding hydrogens is 376 g/mol. The Morgan fingerprint density at radius 3 is 2.43 bits per heavy atom. The van der Waals surface area contributed by atoms with Gasteiger partial charge in [-0.05, 0) is 42.5 Å². The zero-order valence-corrected chi connectivity index (χ0v) is 16.4. The fourth-order valence-electron chi connectivity index (χ4n) is 4.09. The second-order valence-electron chi connectivity index (χ2n) is 7.80. The average Bonchev–Trinajstić information content (AvgIpc) is 3.32. The molecule has 2 heterocycles. The van der Waals surface area contributed by atoms with Crippen LogP contribution in [0.1, 0.15) is 6.42 Å².